The second-order valence-corrected chi connectivity index (χ2v) is 15.1. The van der Waals surface area contributed by atoms with Crippen molar-refractivity contribution in [2.75, 3.05) is 0 Å². The van der Waals surface area contributed by atoms with Gasteiger partial charge in [-0.15, -0.1) is 11.3 Å². The summed E-state index contributed by atoms with van der Waals surface area (Å²) in [5, 5.41) is 10.2. The maximum Gasteiger partial charge on any atom is 0.161 e. The lowest BCUT2D eigenvalue weighted by Gasteiger charge is -2.12. The second-order valence-electron chi connectivity index (χ2n) is 14.0. The zero-order valence-electron chi connectivity index (χ0n) is 30.2. The van der Waals surface area contributed by atoms with Crippen molar-refractivity contribution in [3.05, 3.63) is 194 Å². The van der Waals surface area contributed by atoms with E-state index in [4.69, 9.17) is 15.1 Å². The monoisotopic (exact) mass is 732 g/mol. The highest BCUT2D eigenvalue weighted by atomic mass is 32.1. The Morgan fingerprint density at radius 3 is 1.73 bits per heavy atom. The summed E-state index contributed by atoms with van der Waals surface area (Å²) in [6.45, 7) is 0. The number of fused-ring (bicyclic) bond motifs is 6. The van der Waals surface area contributed by atoms with Crippen molar-refractivity contribution in [2.45, 2.75) is 0 Å². The van der Waals surface area contributed by atoms with Gasteiger partial charge >= 0.3 is 0 Å². The summed E-state index contributed by atoms with van der Waals surface area (Å²) in [7, 11) is 0. The van der Waals surface area contributed by atoms with Gasteiger partial charge in [-0.3, -0.25) is 0 Å². The molecule has 0 fully saturated rings. The van der Waals surface area contributed by atoms with Crippen LogP contribution in [0.5, 0.6) is 0 Å². The van der Waals surface area contributed by atoms with Crippen LogP contribution in [-0.4, -0.2) is 19.6 Å². The van der Waals surface area contributed by atoms with Gasteiger partial charge in [-0.05, 0) is 35.2 Å². The van der Waals surface area contributed by atoms with Crippen molar-refractivity contribution in [3.63, 3.8) is 0 Å². The Morgan fingerprint density at radius 2 is 1.00 bits per heavy atom. The summed E-state index contributed by atoms with van der Waals surface area (Å²) in [5.74, 6) is 0.719. The number of hydrogen-bond donors (Lipinski definition) is 0. The number of benzene rings is 7. The SMILES string of the molecule is c1ccc(-c2cc(-c3ccc(-c4c(-c5ccccc5)nn5c(-c6ccccc6)cc6ccccc6c45)cc3)nc(-c3cccc4c3sc3ccccc34)n2)cc1. The third-order valence-corrected chi connectivity index (χ3v) is 11.9. The van der Waals surface area contributed by atoms with Crippen LogP contribution in [0.1, 0.15) is 0 Å². The molecule has 0 radical (unpaired) electrons. The zero-order valence-corrected chi connectivity index (χ0v) is 31.0. The lowest BCUT2D eigenvalue weighted by molar-refractivity contribution is 0.979. The Balaban J connectivity index is 1.11. The maximum absolute atomic E-state index is 5.39. The third-order valence-electron chi connectivity index (χ3n) is 10.6. The fraction of sp³-hybridized carbons (Fsp3) is 0. The molecule has 0 unspecified atom stereocenters. The van der Waals surface area contributed by atoms with Gasteiger partial charge in [-0.25, -0.2) is 14.5 Å². The topological polar surface area (TPSA) is 43.1 Å². The highest BCUT2D eigenvalue weighted by molar-refractivity contribution is 7.26. The molecule has 0 saturated heterocycles. The molecule has 4 nitrogen and oxygen atoms in total. The number of hydrogen-bond acceptors (Lipinski definition) is 4. The normalized spacial score (nSPS) is 11.6. The van der Waals surface area contributed by atoms with Crippen LogP contribution < -0.4 is 0 Å². The van der Waals surface area contributed by atoms with Crippen LogP contribution in [0, 0.1) is 0 Å². The molecule has 0 spiro atoms. The van der Waals surface area contributed by atoms with Gasteiger partial charge in [0, 0.05) is 58.9 Å². The van der Waals surface area contributed by atoms with Gasteiger partial charge in [-0.2, -0.15) is 5.10 Å². The molecule has 0 saturated carbocycles. The summed E-state index contributed by atoms with van der Waals surface area (Å²) in [5.41, 5.74) is 12.3. The van der Waals surface area contributed by atoms with E-state index in [1.165, 1.54) is 25.6 Å². The molecule has 7 aromatic carbocycles. The molecule has 56 heavy (non-hydrogen) atoms. The fourth-order valence-electron chi connectivity index (χ4n) is 7.98. The van der Waals surface area contributed by atoms with E-state index in [0.717, 1.165) is 78.4 Å². The Labute approximate surface area is 327 Å². The first-order chi connectivity index (χ1) is 27.8. The summed E-state index contributed by atoms with van der Waals surface area (Å²) < 4.78 is 4.60. The first-order valence-electron chi connectivity index (χ1n) is 18.8. The molecule has 5 heteroatoms. The van der Waals surface area contributed by atoms with Gasteiger partial charge in [0.05, 0.1) is 22.6 Å². The molecule has 262 valence electrons. The van der Waals surface area contributed by atoms with E-state index in [1.807, 2.05) is 6.07 Å². The molecular formula is C51H32N4S. The van der Waals surface area contributed by atoms with Crippen LogP contribution in [-0.2, 0) is 0 Å². The summed E-state index contributed by atoms with van der Waals surface area (Å²) in [6.07, 6.45) is 0. The van der Waals surface area contributed by atoms with Crippen molar-refractivity contribution in [1.29, 1.82) is 0 Å². The molecule has 0 aliphatic heterocycles. The quantitative estimate of drug-likeness (QED) is 0.171. The number of thiophene rings is 1. The molecule has 4 heterocycles. The largest absolute Gasteiger partial charge is 0.231 e. The number of pyridine rings is 1. The predicted octanol–water partition coefficient (Wildman–Crippen LogP) is 13.6. The van der Waals surface area contributed by atoms with Gasteiger partial charge in [0.25, 0.3) is 0 Å². The van der Waals surface area contributed by atoms with Crippen LogP contribution in [0.4, 0.5) is 0 Å². The predicted molar refractivity (Wildman–Crippen MR) is 234 cm³/mol. The van der Waals surface area contributed by atoms with E-state index in [-0.39, 0.29) is 0 Å². The van der Waals surface area contributed by atoms with E-state index in [1.54, 1.807) is 11.3 Å². The second kappa shape index (κ2) is 13.3. The molecular weight excluding hydrogens is 701 g/mol. The minimum Gasteiger partial charge on any atom is -0.231 e. The molecule has 0 N–H and O–H groups in total. The van der Waals surface area contributed by atoms with Gasteiger partial charge < -0.3 is 0 Å². The molecule has 0 aliphatic carbocycles. The Hall–Kier alpha value is -7.21. The molecule has 11 rings (SSSR count). The fourth-order valence-corrected chi connectivity index (χ4v) is 9.19. The Bertz CT molecular complexity index is 3220. The Kier molecular flexibility index (Phi) is 7.64. The highest BCUT2D eigenvalue weighted by Crippen LogP contribution is 2.43. The minimum atomic E-state index is 0.719. The van der Waals surface area contributed by atoms with Crippen LogP contribution in [0.2, 0.25) is 0 Å². The zero-order chi connectivity index (χ0) is 37.0. The smallest absolute Gasteiger partial charge is 0.161 e. The lowest BCUT2D eigenvalue weighted by atomic mass is 9.95. The van der Waals surface area contributed by atoms with Crippen molar-refractivity contribution in [2.24, 2.45) is 0 Å². The average Bonchev–Trinajstić information content (AvgIpc) is 3.87. The van der Waals surface area contributed by atoms with Gasteiger partial charge in [0.1, 0.15) is 5.69 Å². The van der Waals surface area contributed by atoms with E-state index < -0.39 is 0 Å². The average molecular weight is 733 g/mol. The van der Waals surface area contributed by atoms with Crippen molar-refractivity contribution in [1.82, 2.24) is 19.6 Å². The maximum atomic E-state index is 5.39. The van der Waals surface area contributed by atoms with Crippen LogP contribution in [0.15, 0.2) is 194 Å². The summed E-state index contributed by atoms with van der Waals surface area (Å²) >= 11 is 1.80. The highest BCUT2D eigenvalue weighted by Gasteiger charge is 2.22. The molecule has 11 aromatic rings. The molecule has 0 atom stereocenters. The number of nitrogens with zero attached hydrogens (tertiary/aromatic N) is 4. The van der Waals surface area contributed by atoms with Crippen molar-refractivity contribution < 1.29 is 0 Å². The molecule has 0 bridgehead atoms. The van der Waals surface area contributed by atoms with Crippen LogP contribution >= 0.6 is 11.3 Å². The molecule has 0 amide bonds. The van der Waals surface area contributed by atoms with Gasteiger partial charge in [0.2, 0.25) is 0 Å². The standard InChI is InChI=1S/C51H32N4S/c1-4-15-33(16-5-1)43-32-44(53-51(52-43)42-25-14-24-41-40-23-12-13-26-46(40)56-50(41)42)34-27-29-36(30-28-34)47-48(37-19-8-3-9-20-37)54-55-45(35-17-6-2-7-18-35)31-38-21-10-11-22-39(38)49(47)55/h1-32H. The van der Waals surface area contributed by atoms with Gasteiger partial charge in [0.15, 0.2) is 5.82 Å². The minimum absolute atomic E-state index is 0.719. The van der Waals surface area contributed by atoms with E-state index in [9.17, 15) is 0 Å². The molecule has 0 aliphatic rings. The summed E-state index contributed by atoms with van der Waals surface area (Å²) in [6, 6.07) is 68.3. The number of aromatic nitrogens is 4. The molecule has 4 aromatic heterocycles. The van der Waals surface area contributed by atoms with E-state index >= 15 is 0 Å². The van der Waals surface area contributed by atoms with E-state index in [2.05, 4.69) is 193 Å². The Morgan fingerprint density at radius 1 is 0.429 bits per heavy atom. The van der Waals surface area contributed by atoms with Crippen LogP contribution in [0.25, 0.3) is 104 Å². The number of rotatable bonds is 6. The van der Waals surface area contributed by atoms with Crippen molar-refractivity contribution >= 4 is 47.8 Å². The first kappa shape index (κ1) is 32.2. The lowest BCUT2D eigenvalue weighted by Crippen LogP contribution is -1.96. The van der Waals surface area contributed by atoms with Crippen molar-refractivity contribution in [3.8, 4) is 67.5 Å². The van der Waals surface area contributed by atoms with E-state index in [0.29, 0.717) is 0 Å². The third kappa shape index (κ3) is 5.40. The first-order valence-corrected chi connectivity index (χ1v) is 19.6. The van der Waals surface area contributed by atoms with Gasteiger partial charge in [-0.1, -0.05) is 170 Å². The summed E-state index contributed by atoms with van der Waals surface area (Å²) in [4.78, 5) is 10.5. The van der Waals surface area contributed by atoms with Crippen LogP contribution in [0.3, 0.4) is 0 Å².